The maximum Gasteiger partial charge on any atom is 0.287 e. The summed E-state index contributed by atoms with van der Waals surface area (Å²) in [7, 11) is 0. The van der Waals surface area contributed by atoms with Crippen molar-refractivity contribution in [2.75, 3.05) is 0 Å². The molecule has 3 rings (SSSR count). The quantitative estimate of drug-likeness (QED) is 0.739. The minimum Gasteiger partial charge on any atom is -0.451 e. The standard InChI is InChI=1S/C14H12N2O2/c17-14(16-9-10-5-6-15-8-10)13-7-11-3-1-2-4-12(11)18-13/h1-8,15H,9H2,(H,16,17). The van der Waals surface area contributed by atoms with Gasteiger partial charge in [-0.3, -0.25) is 4.79 Å². The molecule has 0 saturated carbocycles. The molecule has 90 valence electrons. The van der Waals surface area contributed by atoms with Crippen LogP contribution in [0.4, 0.5) is 0 Å². The fourth-order valence-electron chi connectivity index (χ4n) is 1.83. The van der Waals surface area contributed by atoms with E-state index in [2.05, 4.69) is 10.3 Å². The van der Waals surface area contributed by atoms with E-state index in [1.54, 1.807) is 6.07 Å². The second-order valence-corrected chi connectivity index (χ2v) is 4.05. The molecule has 2 heterocycles. The summed E-state index contributed by atoms with van der Waals surface area (Å²) < 4.78 is 5.48. The SMILES string of the molecule is O=C(NCc1cc[nH]c1)c1cc2ccccc2o1. The number of aromatic amines is 1. The van der Waals surface area contributed by atoms with Crippen LogP contribution in [-0.4, -0.2) is 10.9 Å². The number of furan rings is 1. The summed E-state index contributed by atoms with van der Waals surface area (Å²) in [6.45, 7) is 0.485. The molecule has 0 spiro atoms. The first-order valence-corrected chi connectivity index (χ1v) is 5.71. The molecule has 1 amide bonds. The molecule has 0 unspecified atom stereocenters. The third-order valence-corrected chi connectivity index (χ3v) is 2.76. The highest BCUT2D eigenvalue weighted by Crippen LogP contribution is 2.18. The highest BCUT2D eigenvalue weighted by atomic mass is 16.3. The maximum atomic E-state index is 11.9. The number of hydrogen-bond acceptors (Lipinski definition) is 2. The fraction of sp³-hybridized carbons (Fsp3) is 0.0714. The van der Waals surface area contributed by atoms with Crippen molar-refractivity contribution in [1.82, 2.24) is 10.3 Å². The third-order valence-electron chi connectivity index (χ3n) is 2.76. The Balaban J connectivity index is 1.75. The maximum absolute atomic E-state index is 11.9. The van der Waals surface area contributed by atoms with Gasteiger partial charge >= 0.3 is 0 Å². The van der Waals surface area contributed by atoms with Crippen molar-refractivity contribution in [2.24, 2.45) is 0 Å². The smallest absolute Gasteiger partial charge is 0.287 e. The summed E-state index contributed by atoms with van der Waals surface area (Å²) >= 11 is 0. The molecule has 1 aromatic carbocycles. The van der Waals surface area contributed by atoms with Crippen molar-refractivity contribution in [3.8, 4) is 0 Å². The monoisotopic (exact) mass is 240 g/mol. The lowest BCUT2D eigenvalue weighted by Gasteiger charge is -1.99. The van der Waals surface area contributed by atoms with Crippen LogP contribution in [0.25, 0.3) is 11.0 Å². The molecule has 3 aromatic rings. The highest BCUT2D eigenvalue weighted by Gasteiger charge is 2.11. The number of nitrogens with one attached hydrogen (secondary N) is 2. The summed E-state index contributed by atoms with van der Waals surface area (Å²) in [5, 5.41) is 3.74. The van der Waals surface area contributed by atoms with Gasteiger partial charge in [0.15, 0.2) is 5.76 Å². The lowest BCUT2D eigenvalue weighted by atomic mass is 10.2. The Labute approximate surface area is 104 Å². The predicted octanol–water partition coefficient (Wildman–Crippen LogP) is 2.69. The third kappa shape index (κ3) is 2.00. The lowest BCUT2D eigenvalue weighted by molar-refractivity contribution is 0.0925. The topological polar surface area (TPSA) is 58.0 Å². The van der Waals surface area contributed by atoms with Gasteiger partial charge in [0.1, 0.15) is 5.58 Å². The Morgan fingerprint density at radius 1 is 1.28 bits per heavy atom. The van der Waals surface area contributed by atoms with Gasteiger partial charge in [-0.1, -0.05) is 18.2 Å². The van der Waals surface area contributed by atoms with Crippen LogP contribution in [0.1, 0.15) is 16.1 Å². The molecule has 18 heavy (non-hydrogen) atoms. The molecule has 0 saturated heterocycles. The second-order valence-electron chi connectivity index (χ2n) is 4.05. The van der Waals surface area contributed by atoms with Crippen LogP contribution in [-0.2, 0) is 6.54 Å². The Hall–Kier alpha value is -2.49. The molecule has 2 aromatic heterocycles. The molecule has 0 fully saturated rings. The van der Waals surface area contributed by atoms with E-state index in [0.717, 1.165) is 16.5 Å². The van der Waals surface area contributed by atoms with Crippen molar-refractivity contribution in [2.45, 2.75) is 6.54 Å². The van der Waals surface area contributed by atoms with Gasteiger partial charge in [-0.2, -0.15) is 0 Å². The van der Waals surface area contributed by atoms with Crippen molar-refractivity contribution in [3.05, 3.63) is 60.1 Å². The van der Waals surface area contributed by atoms with Crippen LogP contribution < -0.4 is 5.32 Å². The van der Waals surface area contributed by atoms with Gasteiger partial charge < -0.3 is 14.7 Å². The molecule has 0 aliphatic heterocycles. The average Bonchev–Trinajstić information content (AvgIpc) is 3.04. The van der Waals surface area contributed by atoms with Gasteiger partial charge in [-0.05, 0) is 23.8 Å². The van der Waals surface area contributed by atoms with Gasteiger partial charge in [0.2, 0.25) is 0 Å². The van der Waals surface area contributed by atoms with Crippen LogP contribution >= 0.6 is 0 Å². The number of carbonyl (C=O) groups excluding carboxylic acids is 1. The normalized spacial score (nSPS) is 10.7. The summed E-state index contributed by atoms with van der Waals surface area (Å²) in [6, 6.07) is 11.2. The summed E-state index contributed by atoms with van der Waals surface area (Å²) in [5.74, 6) is 0.138. The predicted molar refractivity (Wildman–Crippen MR) is 68.2 cm³/mol. The lowest BCUT2D eigenvalue weighted by Crippen LogP contribution is -2.21. The fourth-order valence-corrected chi connectivity index (χ4v) is 1.83. The number of rotatable bonds is 3. The number of fused-ring (bicyclic) bond motifs is 1. The summed E-state index contributed by atoms with van der Waals surface area (Å²) in [4.78, 5) is 14.8. The molecule has 2 N–H and O–H groups in total. The number of para-hydroxylation sites is 1. The van der Waals surface area contributed by atoms with E-state index in [0.29, 0.717) is 12.3 Å². The van der Waals surface area contributed by atoms with Crippen molar-refractivity contribution in [3.63, 3.8) is 0 Å². The van der Waals surface area contributed by atoms with Crippen LogP contribution in [0.15, 0.2) is 53.2 Å². The van der Waals surface area contributed by atoms with E-state index < -0.39 is 0 Å². The largest absolute Gasteiger partial charge is 0.451 e. The first kappa shape index (κ1) is 10.7. The van der Waals surface area contributed by atoms with Gasteiger partial charge in [-0.15, -0.1) is 0 Å². The van der Waals surface area contributed by atoms with E-state index >= 15 is 0 Å². The Kier molecular flexibility index (Phi) is 2.61. The van der Waals surface area contributed by atoms with Gasteiger partial charge in [-0.25, -0.2) is 0 Å². The Bertz CT molecular complexity index is 635. The van der Waals surface area contributed by atoms with E-state index in [-0.39, 0.29) is 5.91 Å². The van der Waals surface area contributed by atoms with Crippen molar-refractivity contribution in [1.29, 1.82) is 0 Å². The zero-order chi connectivity index (χ0) is 12.4. The highest BCUT2D eigenvalue weighted by molar-refractivity contribution is 5.95. The van der Waals surface area contributed by atoms with Crippen molar-refractivity contribution < 1.29 is 9.21 Å². The first-order chi connectivity index (χ1) is 8.83. The first-order valence-electron chi connectivity index (χ1n) is 5.71. The Morgan fingerprint density at radius 3 is 2.94 bits per heavy atom. The van der Waals surface area contributed by atoms with Gasteiger partial charge in [0.25, 0.3) is 5.91 Å². The molecule has 0 atom stereocenters. The molecule has 0 aliphatic carbocycles. The minimum absolute atomic E-state index is 0.201. The number of carbonyl (C=O) groups is 1. The molecule has 0 radical (unpaired) electrons. The number of aromatic nitrogens is 1. The van der Waals surface area contributed by atoms with Crippen LogP contribution in [0.2, 0.25) is 0 Å². The Morgan fingerprint density at radius 2 is 2.17 bits per heavy atom. The zero-order valence-electron chi connectivity index (χ0n) is 9.64. The van der Waals surface area contributed by atoms with Gasteiger partial charge in [0, 0.05) is 24.3 Å². The molecule has 0 aliphatic rings. The molecule has 0 bridgehead atoms. The number of benzene rings is 1. The van der Waals surface area contributed by atoms with Crippen LogP contribution in [0, 0.1) is 0 Å². The number of amides is 1. The molecular weight excluding hydrogens is 228 g/mol. The molecule has 4 nitrogen and oxygen atoms in total. The second kappa shape index (κ2) is 4.41. The zero-order valence-corrected chi connectivity index (χ0v) is 9.64. The molecular formula is C14H12N2O2. The van der Waals surface area contributed by atoms with E-state index in [9.17, 15) is 4.79 Å². The average molecular weight is 240 g/mol. The van der Waals surface area contributed by atoms with Gasteiger partial charge in [0.05, 0.1) is 0 Å². The summed E-state index contributed by atoms with van der Waals surface area (Å²) in [5.41, 5.74) is 1.75. The van der Waals surface area contributed by atoms with E-state index in [1.807, 2.05) is 42.7 Å². The molecule has 4 heteroatoms. The van der Waals surface area contributed by atoms with E-state index in [4.69, 9.17) is 4.42 Å². The summed E-state index contributed by atoms with van der Waals surface area (Å²) in [6.07, 6.45) is 3.67. The minimum atomic E-state index is -0.201. The van der Waals surface area contributed by atoms with E-state index in [1.165, 1.54) is 0 Å². The van der Waals surface area contributed by atoms with Crippen LogP contribution in [0.3, 0.4) is 0 Å². The number of hydrogen-bond donors (Lipinski definition) is 2. The number of H-pyrrole nitrogens is 1. The van der Waals surface area contributed by atoms with Crippen LogP contribution in [0.5, 0.6) is 0 Å². The van der Waals surface area contributed by atoms with Crippen molar-refractivity contribution >= 4 is 16.9 Å².